The minimum atomic E-state index is -0.507. The molecule has 0 radical (unpaired) electrons. The van der Waals surface area contributed by atoms with Gasteiger partial charge in [0.1, 0.15) is 5.60 Å². The molecular weight excluding hydrogens is 358 g/mol. The van der Waals surface area contributed by atoms with Crippen LogP contribution in [0.5, 0.6) is 0 Å². The monoisotopic (exact) mass is 397 g/mol. The van der Waals surface area contributed by atoms with E-state index in [9.17, 15) is 9.59 Å². The molecule has 1 rings (SSSR count). The van der Waals surface area contributed by atoms with Crippen LogP contribution in [0.15, 0.2) is 4.99 Å². The quantitative estimate of drug-likeness (QED) is 0.484. The zero-order valence-electron chi connectivity index (χ0n) is 18.5. The first-order chi connectivity index (χ1) is 13.2. The van der Waals surface area contributed by atoms with Gasteiger partial charge in [-0.1, -0.05) is 13.8 Å². The van der Waals surface area contributed by atoms with Crippen molar-refractivity contribution in [2.24, 2.45) is 4.99 Å². The van der Waals surface area contributed by atoms with E-state index in [1.165, 1.54) is 0 Å². The predicted molar refractivity (Wildman–Crippen MR) is 112 cm³/mol. The van der Waals surface area contributed by atoms with Gasteiger partial charge in [0.05, 0.1) is 6.54 Å². The van der Waals surface area contributed by atoms with Crippen molar-refractivity contribution in [3.05, 3.63) is 0 Å². The molecule has 8 nitrogen and oxygen atoms in total. The second kappa shape index (κ2) is 11.8. The molecule has 162 valence electrons. The van der Waals surface area contributed by atoms with Crippen LogP contribution in [0.4, 0.5) is 4.79 Å². The molecule has 1 aliphatic heterocycles. The lowest BCUT2D eigenvalue weighted by atomic mass is 10.2. The van der Waals surface area contributed by atoms with E-state index in [-0.39, 0.29) is 18.0 Å². The van der Waals surface area contributed by atoms with Gasteiger partial charge in [0.2, 0.25) is 5.91 Å². The number of hydrogen-bond acceptors (Lipinski definition) is 4. The molecule has 8 heteroatoms. The van der Waals surface area contributed by atoms with Gasteiger partial charge in [-0.25, -0.2) is 4.79 Å². The number of rotatable bonds is 8. The van der Waals surface area contributed by atoms with E-state index >= 15 is 0 Å². The SMILES string of the molecule is CCCN(CCN=C(NCC)NC1CCN(C(=O)CC)C1)C(=O)OC(C)(C)C. The molecule has 0 aliphatic carbocycles. The lowest BCUT2D eigenvalue weighted by Gasteiger charge is -2.27. The average molecular weight is 398 g/mol. The third-order valence-corrected chi connectivity index (χ3v) is 4.31. The molecule has 0 bridgehead atoms. The topological polar surface area (TPSA) is 86.3 Å². The number of ether oxygens (including phenoxy) is 1. The van der Waals surface area contributed by atoms with Crippen LogP contribution in [0.25, 0.3) is 0 Å². The van der Waals surface area contributed by atoms with Gasteiger partial charge >= 0.3 is 6.09 Å². The molecule has 2 N–H and O–H groups in total. The Morgan fingerprint density at radius 3 is 2.50 bits per heavy atom. The van der Waals surface area contributed by atoms with Crippen molar-refractivity contribution in [1.82, 2.24) is 20.4 Å². The Morgan fingerprint density at radius 2 is 1.93 bits per heavy atom. The summed E-state index contributed by atoms with van der Waals surface area (Å²) in [5.74, 6) is 0.915. The van der Waals surface area contributed by atoms with Gasteiger partial charge in [0, 0.05) is 45.2 Å². The summed E-state index contributed by atoms with van der Waals surface area (Å²) in [6.45, 7) is 15.4. The van der Waals surface area contributed by atoms with Gasteiger partial charge in [0.25, 0.3) is 0 Å². The summed E-state index contributed by atoms with van der Waals surface area (Å²) in [4.78, 5) is 32.4. The fourth-order valence-electron chi connectivity index (χ4n) is 3.01. The number of amides is 2. The maximum atomic E-state index is 12.3. The molecule has 1 unspecified atom stereocenters. The molecule has 2 amide bonds. The van der Waals surface area contributed by atoms with Crippen LogP contribution >= 0.6 is 0 Å². The molecule has 0 spiro atoms. The maximum Gasteiger partial charge on any atom is 0.410 e. The smallest absolute Gasteiger partial charge is 0.410 e. The first kappa shape index (κ1) is 24.0. The molecule has 0 saturated carbocycles. The van der Waals surface area contributed by atoms with Crippen LogP contribution in [-0.2, 0) is 9.53 Å². The molecular formula is C20H39N5O3. The molecule has 0 aromatic carbocycles. The molecule has 0 aromatic heterocycles. The third-order valence-electron chi connectivity index (χ3n) is 4.31. The number of carbonyl (C=O) groups is 2. The van der Waals surface area contributed by atoms with Crippen molar-refractivity contribution < 1.29 is 14.3 Å². The van der Waals surface area contributed by atoms with Crippen molar-refractivity contribution in [1.29, 1.82) is 0 Å². The highest BCUT2D eigenvalue weighted by Gasteiger charge is 2.26. The van der Waals surface area contributed by atoms with Gasteiger partial charge in [0.15, 0.2) is 5.96 Å². The Hall–Kier alpha value is -1.99. The van der Waals surface area contributed by atoms with Crippen LogP contribution in [0, 0.1) is 0 Å². The normalized spacial score (nSPS) is 17.4. The second-order valence-electron chi connectivity index (χ2n) is 8.05. The van der Waals surface area contributed by atoms with Gasteiger partial charge in [-0.2, -0.15) is 0 Å². The molecule has 1 aliphatic rings. The lowest BCUT2D eigenvalue weighted by Crippen LogP contribution is -2.45. The van der Waals surface area contributed by atoms with E-state index in [4.69, 9.17) is 4.74 Å². The van der Waals surface area contributed by atoms with Crippen LogP contribution < -0.4 is 10.6 Å². The Bertz CT molecular complexity index is 530. The number of likely N-dealkylation sites (tertiary alicyclic amines) is 1. The summed E-state index contributed by atoms with van der Waals surface area (Å²) in [5, 5.41) is 6.65. The Balaban J connectivity index is 2.60. The number of hydrogen-bond donors (Lipinski definition) is 2. The van der Waals surface area contributed by atoms with E-state index in [1.54, 1.807) is 4.90 Å². The van der Waals surface area contributed by atoms with Crippen molar-refractivity contribution in [2.45, 2.75) is 72.4 Å². The van der Waals surface area contributed by atoms with Crippen molar-refractivity contribution in [3.63, 3.8) is 0 Å². The number of carbonyl (C=O) groups excluding carboxylic acids is 2. The van der Waals surface area contributed by atoms with Crippen molar-refractivity contribution >= 4 is 18.0 Å². The molecule has 28 heavy (non-hydrogen) atoms. The van der Waals surface area contributed by atoms with E-state index in [1.807, 2.05) is 46.4 Å². The molecule has 1 atom stereocenters. The summed E-state index contributed by atoms with van der Waals surface area (Å²) in [6, 6.07) is 0.200. The zero-order valence-corrected chi connectivity index (χ0v) is 18.5. The van der Waals surface area contributed by atoms with E-state index in [2.05, 4.69) is 15.6 Å². The average Bonchev–Trinajstić information content (AvgIpc) is 3.07. The molecule has 1 fully saturated rings. The summed E-state index contributed by atoms with van der Waals surface area (Å²) >= 11 is 0. The zero-order chi connectivity index (χ0) is 21.2. The summed E-state index contributed by atoms with van der Waals surface area (Å²) < 4.78 is 5.48. The minimum Gasteiger partial charge on any atom is -0.444 e. The highest BCUT2D eigenvalue weighted by Crippen LogP contribution is 2.11. The first-order valence-electron chi connectivity index (χ1n) is 10.5. The number of nitrogens with zero attached hydrogens (tertiary/aromatic N) is 3. The van der Waals surface area contributed by atoms with Crippen LogP contribution in [0.2, 0.25) is 0 Å². The number of guanidine groups is 1. The van der Waals surface area contributed by atoms with Crippen LogP contribution in [0.1, 0.15) is 60.8 Å². The third kappa shape index (κ3) is 8.80. The van der Waals surface area contributed by atoms with Gasteiger partial charge in [-0.05, 0) is 40.5 Å². The van der Waals surface area contributed by atoms with Gasteiger partial charge < -0.3 is 25.2 Å². The summed E-state index contributed by atoms with van der Waals surface area (Å²) in [7, 11) is 0. The molecule has 0 aromatic rings. The number of aliphatic imine (C=N–C) groups is 1. The minimum absolute atomic E-state index is 0.193. The van der Waals surface area contributed by atoms with Crippen molar-refractivity contribution in [3.8, 4) is 0 Å². The highest BCUT2D eigenvalue weighted by molar-refractivity contribution is 5.80. The fraction of sp³-hybridized carbons (Fsp3) is 0.850. The van der Waals surface area contributed by atoms with Gasteiger partial charge in [-0.3, -0.25) is 9.79 Å². The summed E-state index contributed by atoms with van der Waals surface area (Å²) in [6.07, 6.45) is 2.02. The predicted octanol–water partition coefficient (Wildman–Crippen LogP) is 2.20. The molecule has 1 saturated heterocycles. The fourth-order valence-corrected chi connectivity index (χ4v) is 3.01. The second-order valence-corrected chi connectivity index (χ2v) is 8.05. The highest BCUT2D eigenvalue weighted by atomic mass is 16.6. The first-order valence-corrected chi connectivity index (χ1v) is 10.5. The van der Waals surface area contributed by atoms with E-state index in [0.29, 0.717) is 32.6 Å². The van der Waals surface area contributed by atoms with Crippen LogP contribution in [0.3, 0.4) is 0 Å². The van der Waals surface area contributed by atoms with Crippen LogP contribution in [-0.4, -0.2) is 78.7 Å². The Morgan fingerprint density at radius 1 is 1.21 bits per heavy atom. The van der Waals surface area contributed by atoms with Gasteiger partial charge in [-0.15, -0.1) is 0 Å². The lowest BCUT2D eigenvalue weighted by molar-refractivity contribution is -0.129. The Kier molecular flexibility index (Phi) is 10.1. The summed E-state index contributed by atoms with van der Waals surface area (Å²) in [5.41, 5.74) is -0.507. The Labute approximate surface area is 170 Å². The van der Waals surface area contributed by atoms with E-state index < -0.39 is 5.60 Å². The standard InChI is InChI=1S/C20H39N5O3/c1-7-12-24(19(27)28-20(4,5)6)14-11-22-18(21-9-3)23-16-10-13-25(15-16)17(26)8-2/h16H,7-15H2,1-6H3,(H2,21,22,23). The van der Waals surface area contributed by atoms with Crippen molar-refractivity contribution in [2.75, 3.05) is 39.3 Å². The number of nitrogens with one attached hydrogen (secondary N) is 2. The molecule has 1 heterocycles. The maximum absolute atomic E-state index is 12.3. The largest absolute Gasteiger partial charge is 0.444 e. The van der Waals surface area contributed by atoms with E-state index in [0.717, 1.165) is 31.9 Å².